The number of allylic oxidation sites excluding steroid dienone is 1. The second-order valence-electron chi connectivity index (χ2n) is 14.9. The van der Waals surface area contributed by atoms with Crippen molar-refractivity contribution in [1.29, 1.82) is 0 Å². The van der Waals surface area contributed by atoms with Crippen LogP contribution in [-0.4, -0.2) is 11.5 Å². The molecule has 3 nitrogen and oxygen atoms in total. The van der Waals surface area contributed by atoms with Crippen LogP contribution in [0.3, 0.4) is 0 Å². The Morgan fingerprint density at radius 2 is 0.930 bits per heavy atom. The zero-order chi connectivity index (χ0) is 37.7. The lowest BCUT2D eigenvalue weighted by Crippen LogP contribution is -2.20. The van der Waals surface area contributed by atoms with Gasteiger partial charge in [0, 0.05) is 22.7 Å². The molecule has 9 aromatic rings. The molecule has 0 saturated carbocycles. The Hall–Kier alpha value is -7.36. The van der Waals surface area contributed by atoms with Gasteiger partial charge in [-0.3, -0.25) is 0 Å². The highest BCUT2D eigenvalue weighted by Gasteiger charge is 2.31. The van der Waals surface area contributed by atoms with Crippen LogP contribution < -0.4 is 4.90 Å². The van der Waals surface area contributed by atoms with E-state index >= 15 is 0 Å². The van der Waals surface area contributed by atoms with Crippen LogP contribution in [-0.2, 0) is 0 Å². The average Bonchev–Trinajstić information content (AvgIpc) is 3.32. The molecule has 0 fully saturated rings. The molecule has 2 bridgehead atoms. The molecule has 0 spiro atoms. The van der Waals surface area contributed by atoms with E-state index in [0.29, 0.717) is 5.84 Å². The lowest BCUT2D eigenvalue weighted by Gasteiger charge is -2.30. The van der Waals surface area contributed by atoms with Gasteiger partial charge in [0.05, 0.1) is 22.8 Å². The molecule has 0 aromatic heterocycles. The first-order chi connectivity index (χ1) is 28.3. The summed E-state index contributed by atoms with van der Waals surface area (Å²) < 4.78 is 0. The van der Waals surface area contributed by atoms with Gasteiger partial charge in [-0.2, -0.15) is 0 Å². The molecule has 1 atom stereocenters. The highest BCUT2D eigenvalue weighted by molar-refractivity contribution is 6.27. The number of benzene rings is 9. The molecule has 0 aliphatic carbocycles. The van der Waals surface area contributed by atoms with Crippen LogP contribution in [0.15, 0.2) is 216 Å². The summed E-state index contributed by atoms with van der Waals surface area (Å²) in [5, 5.41) is 7.50. The molecule has 2 aliphatic heterocycles. The SMILES string of the molecule is C1=C2N=C(c3ccc(-c4ccccc4)cc3)N=C(c3ccc4c5ccccc5c5ccccc5c4c3)C(C1)c1ccccc1N(c1ccccc1)c1ccccc12. The summed E-state index contributed by atoms with van der Waals surface area (Å²) in [5.74, 6) is 0.625. The van der Waals surface area contributed by atoms with Crippen molar-refractivity contribution in [2.24, 2.45) is 9.98 Å². The van der Waals surface area contributed by atoms with E-state index in [-0.39, 0.29) is 5.92 Å². The van der Waals surface area contributed by atoms with E-state index in [0.717, 1.165) is 57.1 Å². The van der Waals surface area contributed by atoms with Crippen LogP contribution in [0, 0.1) is 0 Å². The smallest absolute Gasteiger partial charge is 0.160 e. The van der Waals surface area contributed by atoms with Crippen molar-refractivity contribution >= 4 is 66.6 Å². The Labute approximate surface area is 332 Å². The topological polar surface area (TPSA) is 28.0 Å². The summed E-state index contributed by atoms with van der Waals surface area (Å²) in [6.07, 6.45) is 3.08. The van der Waals surface area contributed by atoms with Crippen LogP contribution in [0.4, 0.5) is 17.1 Å². The average molecular weight is 728 g/mol. The fraction of sp³-hybridized carbons (Fsp3) is 0.0370. The summed E-state index contributed by atoms with van der Waals surface area (Å²) in [4.78, 5) is 13.7. The van der Waals surface area contributed by atoms with Crippen molar-refractivity contribution in [2.75, 3.05) is 4.90 Å². The van der Waals surface area contributed by atoms with Crippen molar-refractivity contribution in [3.8, 4) is 11.1 Å². The lowest BCUT2D eigenvalue weighted by atomic mass is 9.84. The third kappa shape index (κ3) is 5.67. The Bertz CT molecular complexity index is 3050. The monoisotopic (exact) mass is 727 g/mol. The molecule has 11 rings (SSSR count). The number of hydrogen-bond acceptors (Lipinski definition) is 3. The molecule has 9 aromatic carbocycles. The molecule has 0 radical (unpaired) electrons. The van der Waals surface area contributed by atoms with Gasteiger partial charge < -0.3 is 4.90 Å². The minimum absolute atomic E-state index is 0.0741. The van der Waals surface area contributed by atoms with E-state index in [1.54, 1.807) is 0 Å². The minimum Gasteiger partial charge on any atom is -0.310 e. The van der Waals surface area contributed by atoms with E-state index in [2.05, 4.69) is 211 Å². The summed E-state index contributed by atoms with van der Waals surface area (Å²) in [7, 11) is 0. The molecular formula is C54H37N3. The van der Waals surface area contributed by atoms with Gasteiger partial charge >= 0.3 is 0 Å². The first-order valence-corrected chi connectivity index (χ1v) is 19.7. The maximum Gasteiger partial charge on any atom is 0.160 e. The van der Waals surface area contributed by atoms with Crippen molar-refractivity contribution in [3.63, 3.8) is 0 Å². The quantitative estimate of drug-likeness (QED) is 0.166. The normalized spacial score (nSPS) is 15.1. The Morgan fingerprint density at radius 1 is 0.404 bits per heavy atom. The minimum atomic E-state index is -0.0741. The predicted molar refractivity (Wildman–Crippen MR) is 240 cm³/mol. The summed E-state index contributed by atoms with van der Waals surface area (Å²) >= 11 is 0. The van der Waals surface area contributed by atoms with E-state index in [1.165, 1.54) is 43.4 Å². The number of aliphatic imine (C=N–C) groups is 2. The van der Waals surface area contributed by atoms with Crippen molar-refractivity contribution < 1.29 is 0 Å². The number of anilines is 3. The van der Waals surface area contributed by atoms with Gasteiger partial charge in [-0.05, 0) is 91.3 Å². The lowest BCUT2D eigenvalue weighted by molar-refractivity contribution is 0.905. The van der Waals surface area contributed by atoms with Crippen molar-refractivity contribution in [3.05, 3.63) is 229 Å². The Balaban J connectivity index is 1.20. The highest BCUT2D eigenvalue weighted by Crippen LogP contribution is 2.47. The van der Waals surface area contributed by atoms with Crippen molar-refractivity contribution in [2.45, 2.75) is 12.3 Å². The molecule has 57 heavy (non-hydrogen) atoms. The third-order valence-corrected chi connectivity index (χ3v) is 11.6. The molecule has 268 valence electrons. The second-order valence-corrected chi connectivity index (χ2v) is 14.9. The maximum absolute atomic E-state index is 5.73. The van der Waals surface area contributed by atoms with Crippen LogP contribution in [0.2, 0.25) is 0 Å². The number of hydrogen-bond donors (Lipinski definition) is 0. The largest absolute Gasteiger partial charge is 0.310 e. The van der Waals surface area contributed by atoms with Gasteiger partial charge in [-0.25, -0.2) is 9.98 Å². The summed E-state index contributed by atoms with van der Waals surface area (Å²) in [6, 6.07) is 72.0. The molecule has 1 unspecified atom stereocenters. The highest BCUT2D eigenvalue weighted by atomic mass is 15.2. The third-order valence-electron chi connectivity index (χ3n) is 11.6. The van der Waals surface area contributed by atoms with Gasteiger partial charge in [0.15, 0.2) is 5.84 Å². The number of fused-ring (bicyclic) bond motifs is 12. The van der Waals surface area contributed by atoms with E-state index in [9.17, 15) is 0 Å². The standard InChI is InChI=1S/C54H37N3/c1-3-15-36(16-4-1)37-27-29-38(30-28-37)54-55-50-34-33-47(46-23-11-13-25-51(46)57(40-17-5-2-6-18-40)52-26-14-12-24-48(50)52)53(56-54)39-31-32-45-43-21-8-7-19-41(43)42-20-9-10-22-44(42)49(45)35-39/h1-32,34-35,47H,33H2. The molecule has 0 N–H and O–H groups in total. The first-order valence-electron chi connectivity index (χ1n) is 19.7. The molecule has 3 heteroatoms. The summed E-state index contributed by atoms with van der Waals surface area (Å²) in [5.41, 5.74) is 11.9. The fourth-order valence-electron chi connectivity index (χ4n) is 8.92. The van der Waals surface area contributed by atoms with Gasteiger partial charge in [-0.1, -0.05) is 176 Å². The zero-order valence-electron chi connectivity index (χ0n) is 31.3. The number of para-hydroxylation sites is 3. The van der Waals surface area contributed by atoms with Crippen LogP contribution in [0.1, 0.15) is 34.6 Å². The Morgan fingerprint density at radius 3 is 1.65 bits per heavy atom. The van der Waals surface area contributed by atoms with Crippen molar-refractivity contribution in [1.82, 2.24) is 0 Å². The first kappa shape index (κ1) is 33.0. The molecule has 0 saturated heterocycles. The van der Waals surface area contributed by atoms with Gasteiger partial charge in [-0.15, -0.1) is 0 Å². The van der Waals surface area contributed by atoms with Gasteiger partial charge in [0.1, 0.15) is 0 Å². The molecule has 2 heterocycles. The predicted octanol–water partition coefficient (Wildman–Crippen LogP) is 14.1. The fourth-order valence-corrected chi connectivity index (χ4v) is 8.92. The van der Waals surface area contributed by atoms with E-state index < -0.39 is 0 Å². The maximum atomic E-state index is 5.73. The number of amidine groups is 1. The van der Waals surface area contributed by atoms with E-state index in [4.69, 9.17) is 9.98 Å². The Kier molecular flexibility index (Phi) is 7.96. The number of nitrogens with zero attached hydrogens (tertiary/aromatic N) is 3. The molecule has 0 amide bonds. The van der Waals surface area contributed by atoms with E-state index in [1.807, 2.05) is 0 Å². The second kappa shape index (κ2) is 13.7. The summed E-state index contributed by atoms with van der Waals surface area (Å²) in [6.45, 7) is 0. The molecular weight excluding hydrogens is 691 g/mol. The van der Waals surface area contributed by atoms with Crippen LogP contribution >= 0.6 is 0 Å². The number of rotatable bonds is 4. The van der Waals surface area contributed by atoms with Crippen LogP contribution in [0.25, 0.3) is 49.1 Å². The van der Waals surface area contributed by atoms with Gasteiger partial charge in [0.25, 0.3) is 0 Å². The van der Waals surface area contributed by atoms with Crippen LogP contribution in [0.5, 0.6) is 0 Å². The van der Waals surface area contributed by atoms with Gasteiger partial charge in [0.2, 0.25) is 0 Å². The molecule has 2 aliphatic rings. The zero-order valence-corrected chi connectivity index (χ0v) is 31.3.